The number of aromatic nitrogens is 2. The number of carbonyl (C=O) groups is 1. The van der Waals surface area contributed by atoms with Gasteiger partial charge in [-0.25, -0.2) is 0 Å². The first kappa shape index (κ1) is 12.1. The number of hydrogen-bond acceptors (Lipinski definition) is 5. The SMILES string of the molecule is CC(=O)CSc1nnc(-c2ccccc2Cl)o1. The smallest absolute Gasteiger partial charge is 0.277 e. The second-order valence-corrected chi connectivity index (χ2v) is 4.68. The van der Waals surface area contributed by atoms with Gasteiger partial charge in [-0.3, -0.25) is 4.79 Å². The van der Waals surface area contributed by atoms with Gasteiger partial charge in [-0.1, -0.05) is 35.5 Å². The van der Waals surface area contributed by atoms with Crippen molar-refractivity contribution in [1.82, 2.24) is 10.2 Å². The third-order valence-corrected chi connectivity index (χ3v) is 3.20. The van der Waals surface area contributed by atoms with Crippen LogP contribution in [-0.4, -0.2) is 21.7 Å². The van der Waals surface area contributed by atoms with Crippen LogP contribution in [0.3, 0.4) is 0 Å². The molecule has 0 unspecified atom stereocenters. The molecular weight excluding hydrogens is 260 g/mol. The minimum absolute atomic E-state index is 0.0625. The second kappa shape index (κ2) is 5.33. The van der Waals surface area contributed by atoms with E-state index < -0.39 is 0 Å². The molecule has 0 atom stereocenters. The number of nitrogens with zero attached hydrogens (tertiary/aromatic N) is 2. The van der Waals surface area contributed by atoms with Gasteiger partial charge in [-0.15, -0.1) is 10.2 Å². The van der Waals surface area contributed by atoms with Crippen LogP contribution in [-0.2, 0) is 4.79 Å². The van der Waals surface area contributed by atoms with E-state index in [9.17, 15) is 4.79 Å². The number of carbonyl (C=O) groups excluding carboxylic acids is 1. The zero-order chi connectivity index (χ0) is 12.3. The van der Waals surface area contributed by atoms with Gasteiger partial charge < -0.3 is 4.42 Å². The molecule has 6 heteroatoms. The van der Waals surface area contributed by atoms with Crippen molar-refractivity contribution in [1.29, 1.82) is 0 Å². The molecule has 0 saturated carbocycles. The first-order chi connectivity index (χ1) is 8.16. The number of rotatable bonds is 4. The fraction of sp³-hybridized carbons (Fsp3) is 0.182. The van der Waals surface area contributed by atoms with Crippen molar-refractivity contribution in [3.8, 4) is 11.5 Å². The molecule has 0 saturated heterocycles. The summed E-state index contributed by atoms with van der Waals surface area (Å²) in [5.41, 5.74) is 0.691. The third kappa shape index (κ3) is 3.08. The van der Waals surface area contributed by atoms with E-state index in [0.29, 0.717) is 27.5 Å². The Labute approximate surface area is 107 Å². The molecule has 17 heavy (non-hydrogen) atoms. The summed E-state index contributed by atoms with van der Waals surface area (Å²) in [7, 11) is 0. The Kier molecular flexibility index (Phi) is 3.81. The number of Topliss-reactive ketones (excluding diaryl/α,β-unsaturated/α-hetero) is 1. The van der Waals surface area contributed by atoms with Crippen molar-refractivity contribution in [2.24, 2.45) is 0 Å². The maximum Gasteiger partial charge on any atom is 0.277 e. The fourth-order valence-corrected chi connectivity index (χ4v) is 1.95. The van der Waals surface area contributed by atoms with E-state index in [1.807, 2.05) is 12.1 Å². The number of ketones is 1. The molecule has 0 aliphatic rings. The van der Waals surface area contributed by atoms with E-state index in [1.54, 1.807) is 12.1 Å². The van der Waals surface area contributed by atoms with Gasteiger partial charge in [0.1, 0.15) is 5.78 Å². The average molecular weight is 269 g/mol. The Morgan fingerprint density at radius 1 is 1.41 bits per heavy atom. The van der Waals surface area contributed by atoms with E-state index in [-0.39, 0.29) is 5.78 Å². The van der Waals surface area contributed by atoms with Crippen LogP contribution in [0.15, 0.2) is 33.9 Å². The first-order valence-electron chi connectivity index (χ1n) is 4.87. The molecule has 2 rings (SSSR count). The minimum atomic E-state index is 0.0625. The van der Waals surface area contributed by atoms with Gasteiger partial charge in [0.05, 0.1) is 16.3 Å². The van der Waals surface area contributed by atoms with E-state index in [2.05, 4.69) is 10.2 Å². The van der Waals surface area contributed by atoms with Crippen molar-refractivity contribution in [2.75, 3.05) is 5.75 Å². The summed E-state index contributed by atoms with van der Waals surface area (Å²) < 4.78 is 5.40. The van der Waals surface area contributed by atoms with Crippen molar-refractivity contribution >= 4 is 29.1 Å². The van der Waals surface area contributed by atoms with E-state index >= 15 is 0 Å². The Bertz CT molecular complexity index is 542. The lowest BCUT2D eigenvalue weighted by atomic mass is 10.2. The third-order valence-electron chi connectivity index (χ3n) is 1.91. The summed E-state index contributed by atoms with van der Waals surface area (Å²) in [6, 6.07) is 7.22. The summed E-state index contributed by atoms with van der Waals surface area (Å²) in [4.78, 5) is 10.8. The normalized spacial score (nSPS) is 10.5. The van der Waals surface area contributed by atoms with Crippen LogP contribution in [0.25, 0.3) is 11.5 Å². The van der Waals surface area contributed by atoms with Gasteiger partial charge in [-0.05, 0) is 19.1 Å². The molecule has 1 aromatic heterocycles. The highest BCUT2D eigenvalue weighted by molar-refractivity contribution is 7.99. The monoisotopic (exact) mass is 268 g/mol. The highest BCUT2D eigenvalue weighted by Crippen LogP contribution is 2.28. The zero-order valence-corrected chi connectivity index (χ0v) is 10.6. The van der Waals surface area contributed by atoms with Gasteiger partial charge in [-0.2, -0.15) is 0 Å². The molecule has 0 bridgehead atoms. The number of thioether (sulfide) groups is 1. The van der Waals surface area contributed by atoms with Crippen LogP contribution in [0, 0.1) is 0 Å². The molecule has 0 radical (unpaired) electrons. The molecule has 88 valence electrons. The number of hydrogen-bond donors (Lipinski definition) is 0. The van der Waals surface area contributed by atoms with Crippen LogP contribution in [0.1, 0.15) is 6.92 Å². The van der Waals surface area contributed by atoms with Gasteiger partial charge in [0.2, 0.25) is 5.89 Å². The van der Waals surface area contributed by atoms with Crippen molar-refractivity contribution in [2.45, 2.75) is 12.1 Å². The van der Waals surface area contributed by atoms with Crippen molar-refractivity contribution < 1.29 is 9.21 Å². The molecule has 0 aliphatic heterocycles. The Morgan fingerprint density at radius 2 is 2.18 bits per heavy atom. The maximum atomic E-state index is 10.8. The quantitative estimate of drug-likeness (QED) is 0.798. The number of benzene rings is 1. The predicted molar refractivity (Wildman–Crippen MR) is 66.1 cm³/mol. The standard InChI is InChI=1S/C11H9ClN2O2S/c1-7(15)6-17-11-14-13-10(16-11)8-4-2-3-5-9(8)12/h2-5H,6H2,1H3. The largest absolute Gasteiger partial charge is 0.411 e. The van der Waals surface area contributed by atoms with E-state index in [4.69, 9.17) is 16.0 Å². The van der Waals surface area contributed by atoms with Gasteiger partial charge in [0.15, 0.2) is 0 Å². The first-order valence-corrected chi connectivity index (χ1v) is 6.24. The van der Waals surface area contributed by atoms with E-state index in [1.165, 1.54) is 18.7 Å². The van der Waals surface area contributed by atoms with Crippen LogP contribution >= 0.6 is 23.4 Å². The Balaban J connectivity index is 2.18. The fourth-order valence-electron chi connectivity index (χ4n) is 1.17. The van der Waals surface area contributed by atoms with Crippen LogP contribution in [0.5, 0.6) is 0 Å². The Morgan fingerprint density at radius 3 is 2.88 bits per heavy atom. The molecular formula is C11H9ClN2O2S. The minimum Gasteiger partial charge on any atom is -0.411 e. The maximum absolute atomic E-state index is 10.8. The molecule has 4 nitrogen and oxygen atoms in total. The highest BCUT2D eigenvalue weighted by Gasteiger charge is 2.11. The lowest BCUT2D eigenvalue weighted by Gasteiger charge is -1.96. The summed E-state index contributed by atoms with van der Waals surface area (Å²) in [6.45, 7) is 1.51. The molecule has 1 aromatic carbocycles. The Hall–Kier alpha value is -1.33. The summed E-state index contributed by atoms with van der Waals surface area (Å²) in [5.74, 6) is 0.749. The van der Waals surface area contributed by atoms with Gasteiger partial charge >= 0.3 is 0 Å². The van der Waals surface area contributed by atoms with Crippen molar-refractivity contribution in [3.05, 3.63) is 29.3 Å². The number of halogens is 1. The van der Waals surface area contributed by atoms with E-state index in [0.717, 1.165) is 0 Å². The zero-order valence-electron chi connectivity index (χ0n) is 9.01. The summed E-state index contributed by atoms with van der Waals surface area (Å²) >= 11 is 7.22. The topological polar surface area (TPSA) is 56.0 Å². The van der Waals surface area contributed by atoms with Gasteiger partial charge in [0.25, 0.3) is 5.22 Å². The molecule has 0 aliphatic carbocycles. The van der Waals surface area contributed by atoms with Crippen LogP contribution in [0.2, 0.25) is 5.02 Å². The molecule has 0 fully saturated rings. The lowest BCUT2D eigenvalue weighted by molar-refractivity contribution is -0.114. The predicted octanol–water partition coefficient (Wildman–Crippen LogP) is 3.07. The summed E-state index contributed by atoms with van der Waals surface area (Å²) in [6.07, 6.45) is 0. The molecule has 0 spiro atoms. The van der Waals surface area contributed by atoms with Gasteiger partial charge in [0, 0.05) is 0 Å². The summed E-state index contributed by atoms with van der Waals surface area (Å²) in [5, 5.41) is 8.66. The molecule has 2 aromatic rings. The lowest BCUT2D eigenvalue weighted by Crippen LogP contribution is -1.92. The molecule has 1 heterocycles. The molecule has 0 amide bonds. The highest BCUT2D eigenvalue weighted by atomic mass is 35.5. The van der Waals surface area contributed by atoms with Crippen molar-refractivity contribution in [3.63, 3.8) is 0 Å². The average Bonchev–Trinajstić information content (AvgIpc) is 2.75. The molecule has 0 N–H and O–H groups in total. The van der Waals surface area contributed by atoms with Crippen LogP contribution in [0.4, 0.5) is 0 Å². The van der Waals surface area contributed by atoms with Crippen LogP contribution < -0.4 is 0 Å². The second-order valence-electron chi connectivity index (χ2n) is 3.34.